The van der Waals surface area contributed by atoms with Crippen molar-refractivity contribution in [1.29, 1.82) is 5.26 Å². The normalized spacial score (nSPS) is 9.78. The van der Waals surface area contributed by atoms with Crippen molar-refractivity contribution in [3.05, 3.63) is 53.6 Å². The number of hydrogen-bond acceptors (Lipinski definition) is 7. The largest absolute Gasteiger partial charge is 0.493 e. The van der Waals surface area contributed by atoms with E-state index in [2.05, 4.69) is 0 Å². The summed E-state index contributed by atoms with van der Waals surface area (Å²) < 4.78 is 20.9. The number of nitrogens with two attached hydrogens (primary N) is 1. The maximum atomic E-state index is 12.1. The molecule has 8 nitrogen and oxygen atoms in total. The summed E-state index contributed by atoms with van der Waals surface area (Å²) in [6.07, 6.45) is 0. The summed E-state index contributed by atoms with van der Waals surface area (Å²) >= 11 is 0. The number of esters is 1. The highest BCUT2D eigenvalue weighted by atomic mass is 16.6. The average molecular weight is 370 g/mol. The first kappa shape index (κ1) is 19.6. The summed E-state index contributed by atoms with van der Waals surface area (Å²) in [5.41, 5.74) is 5.82. The molecule has 8 heteroatoms. The fourth-order valence-corrected chi connectivity index (χ4v) is 2.07. The summed E-state index contributed by atoms with van der Waals surface area (Å²) in [5, 5.41) is 8.74. The molecule has 2 N–H and O–H groups in total. The van der Waals surface area contributed by atoms with Crippen LogP contribution in [0.15, 0.2) is 42.5 Å². The fraction of sp³-hybridized carbons (Fsp3) is 0.211. The number of benzene rings is 2. The number of methoxy groups -OCH3 is 1. The van der Waals surface area contributed by atoms with Crippen LogP contribution in [0.5, 0.6) is 17.2 Å². The number of carbonyl (C=O) groups is 2. The Balaban J connectivity index is 1.85. The summed E-state index contributed by atoms with van der Waals surface area (Å²) in [5.74, 6) is -0.0415. The lowest BCUT2D eigenvalue weighted by atomic mass is 10.2. The van der Waals surface area contributed by atoms with Gasteiger partial charge in [-0.15, -0.1) is 0 Å². The molecule has 0 aromatic heterocycles. The number of hydrogen-bond donors (Lipinski definition) is 1. The first-order valence-corrected chi connectivity index (χ1v) is 7.92. The van der Waals surface area contributed by atoms with E-state index in [1.165, 1.54) is 25.3 Å². The van der Waals surface area contributed by atoms with E-state index in [-0.39, 0.29) is 36.9 Å². The van der Waals surface area contributed by atoms with E-state index in [0.717, 1.165) is 0 Å². The highest BCUT2D eigenvalue weighted by Gasteiger charge is 2.13. The Morgan fingerprint density at radius 1 is 1.04 bits per heavy atom. The van der Waals surface area contributed by atoms with E-state index in [1.54, 1.807) is 24.3 Å². The Labute approximate surface area is 156 Å². The molecule has 0 aliphatic carbocycles. The minimum absolute atomic E-state index is 0.0427. The Morgan fingerprint density at radius 2 is 1.78 bits per heavy atom. The van der Waals surface area contributed by atoms with Gasteiger partial charge < -0.3 is 24.7 Å². The zero-order valence-corrected chi connectivity index (χ0v) is 14.6. The van der Waals surface area contributed by atoms with Crippen molar-refractivity contribution in [3.8, 4) is 23.3 Å². The van der Waals surface area contributed by atoms with Gasteiger partial charge in [-0.25, -0.2) is 4.79 Å². The van der Waals surface area contributed by atoms with Gasteiger partial charge in [-0.05, 0) is 42.5 Å². The Morgan fingerprint density at radius 3 is 2.41 bits per heavy atom. The maximum absolute atomic E-state index is 12.1. The van der Waals surface area contributed by atoms with E-state index >= 15 is 0 Å². The molecule has 0 unspecified atom stereocenters. The van der Waals surface area contributed by atoms with Crippen molar-refractivity contribution >= 4 is 11.9 Å². The topological polar surface area (TPSA) is 121 Å². The van der Waals surface area contributed by atoms with E-state index < -0.39 is 11.9 Å². The molecule has 0 heterocycles. The van der Waals surface area contributed by atoms with Crippen LogP contribution in [0.3, 0.4) is 0 Å². The number of amides is 1. The quantitative estimate of drug-likeness (QED) is 0.526. The molecule has 0 saturated heterocycles. The predicted molar refractivity (Wildman–Crippen MR) is 94.6 cm³/mol. The number of nitriles is 1. The number of ether oxygens (including phenoxy) is 4. The summed E-state index contributed by atoms with van der Waals surface area (Å²) in [4.78, 5) is 22.9. The van der Waals surface area contributed by atoms with Crippen molar-refractivity contribution in [2.75, 3.05) is 26.9 Å². The van der Waals surface area contributed by atoms with Crippen LogP contribution in [-0.4, -0.2) is 38.8 Å². The smallest absolute Gasteiger partial charge is 0.338 e. The van der Waals surface area contributed by atoms with Gasteiger partial charge in [0.2, 0.25) is 0 Å². The molecule has 0 spiro atoms. The van der Waals surface area contributed by atoms with Gasteiger partial charge in [-0.1, -0.05) is 0 Å². The number of primary amides is 1. The molecule has 140 valence electrons. The van der Waals surface area contributed by atoms with Crippen LogP contribution >= 0.6 is 0 Å². The number of carbonyl (C=O) groups excluding carboxylic acids is 2. The van der Waals surface area contributed by atoms with Crippen molar-refractivity contribution in [3.63, 3.8) is 0 Å². The van der Waals surface area contributed by atoms with Gasteiger partial charge in [0, 0.05) is 0 Å². The standard InChI is InChI=1S/C19H18N2O6/c1-24-17-10-14(4-7-16(17)27-12-18(21)22)19(23)26-9-8-25-15-5-2-13(11-20)3-6-15/h2-7,10H,8-9,12H2,1H3,(H2,21,22). The van der Waals surface area contributed by atoms with Crippen LogP contribution in [0.25, 0.3) is 0 Å². The average Bonchev–Trinajstić information content (AvgIpc) is 2.69. The molecule has 1 amide bonds. The molecule has 0 atom stereocenters. The van der Waals surface area contributed by atoms with Crippen LogP contribution in [0.2, 0.25) is 0 Å². The highest BCUT2D eigenvalue weighted by Crippen LogP contribution is 2.28. The lowest BCUT2D eigenvalue weighted by Crippen LogP contribution is -2.20. The minimum Gasteiger partial charge on any atom is -0.493 e. The van der Waals surface area contributed by atoms with Crippen LogP contribution in [0.1, 0.15) is 15.9 Å². The molecule has 0 bridgehead atoms. The second kappa shape index (κ2) is 9.68. The molecule has 2 aromatic rings. The molecule has 0 aliphatic heterocycles. The Kier molecular flexibility index (Phi) is 7.02. The Hall–Kier alpha value is -3.73. The first-order valence-electron chi connectivity index (χ1n) is 7.92. The molecular weight excluding hydrogens is 352 g/mol. The van der Waals surface area contributed by atoms with Gasteiger partial charge in [0.1, 0.15) is 19.0 Å². The van der Waals surface area contributed by atoms with Crippen molar-refractivity contribution in [2.45, 2.75) is 0 Å². The first-order chi connectivity index (χ1) is 13.0. The van der Waals surface area contributed by atoms with Crippen molar-refractivity contribution in [1.82, 2.24) is 0 Å². The van der Waals surface area contributed by atoms with E-state index in [0.29, 0.717) is 11.3 Å². The third-order valence-electron chi connectivity index (χ3n) is 3.34. The molecule has 0 aliphatic rings. The van der Waals surface area contributed by atoms with Gasteiger partial charge in [0.25, 0.3) is 5.91 Å². The summed E-state index contributed by atoms with van der Waals surface area (Å²) in [6.45, 7) is -0.0947. The summed E-state index contributed by atoms with van der Waals surface area (Å²) in [6, 6.07) is 13.0. The minimum atomic E-state index is -0.622. The van der Waals surface area contributed by atoms with Gasteiger partial charge in [-0.2, -0.15) is 5.26 Å². The molecule has 0 radical (unpaired) electrons. The Bertz CT molecular complexity index is 842. The van der Waals surface area contributed by atoms with Crippen LogP contribution < -0.4 is 19.9 Å². The molecule has 2 rings (SSSR count). The van der Waals surface area contributed by atoms with Gasteiger partial charge in [-0.3, -0.25) is 4.79 Å². The molecule has 0 fully saturated rings. The number of rotatable bonds is 9. The molecule has 0 saturated carbocycles. The summed E-state index contributed by atoms with van der Waals surface area (Å²) in [7, 11) is 1.41. The third kappa shape index (κ3) is 5.93. The van der Waals surface area contributed by atoms with E-state index in [1.807, 2.05) is 6.07 Å². The molecular formula is C19H18N2O6. The monoisotopic (exact) mass is 370 g/mol. The van der Waals surface area contributed by atoms with E-state index in [4.69, 9.17) is 29.9 Å². The second-order valence-corrected chi connectivity index (χ2v) is 5.24. The van der Waals surface area contributed by atoms with Crippen LogP contribution in [0.4, 0.5) is 0 Å². The lowest BCUT2D eigenvalue weighted by molar-refractivity contribution is -0.119. The zero-order valence-electron chi connectivity index (χ0n) is 14.6. The lowest BCUT2D eigenvalue weighted by Gasteiger charge is -2.11. The third-order valence-corrected chi connectivity index (χ3v) is 3.34. The van der Waals surface area contributed by atoms with Crippen LogP contribution in [0, 0.1) is 11.3 Å². The van der Waals surface area contributed by atoms with Gasteiger partial charge >= 0.3 is 5.97 Å². The second-order valence-electron chi connectivity index (χ2n) is 5.24. The zero-order chi connectivity index (χ0) is 19.6. The molecule has 27 heavy (non-hydrogen) atoms. The SMILES string of the molecule is COc1cc(C(=O)OCCOc2ccc(C#N)cc2)ccc1OCC(N)=O. The highest BCUT2D eigenvalue weighted by molar-refractivity contribution is 5.90. The predicted octanol–water partition coefficient (Wildman–Crippen LogP) is 1.67. The molecule has 2 aromatic carbocycles. The van der Waals surface area contributed by atoms with Gasteiger partial charge in [0.15, 0.2) is 18.1 Å². The van der Waals surface area contributed by atoms with E-state index in [9.17, 15) is 9.59 Å². The number of nitrogens with zero attached hydrogens (tertiary/aromatic N) is 1. The van der Waals surface area contributed by atoms with Crippen molar-refractivity contribution < 1.29 is 28.5 Å². The van der Waals surface area contributed by atoms with Gasteiger partial charge in [0.05, 0.1) is 24.3 Å². The maximum Gasteiger partial charge on any atom is 0.338 e. The van der Waals surface area contributed by atoms with Crippen LogP contribution in [-0.2, 0) is 9.53 Å². The van der Waals surface area contributed by atoms with Crippen molar-refractivity contribution in [2.24, 2.45) is 5.73 Å². The fourth-order valence-electron chi connectivity index (χ4n) is 2.07.